The molecule has 0 radical (unpaired) electrons. The largest absolute Gasteiger partial charge is 0.454 e. The zero-order valence-electron chi connectivity index (χ0n) is 49.4. The Labute approximate surface area is 480 Å². The summed E-state index contributed by atoms with van der Waals surface area (Å²) < 4.78 is 17.6. The highest BCUT2D eigenvalue weighted by atomic mass is 16.7. The van der Waals surface area contributed by atoms with Gasteiger partial charge < -0.3 is 45.1 Å². The molecule has 0 aromatic heterocycles. The fourth-order valence-corrected chi connectivity index (χ4v) is 8.82. The van der Waals surface area contributed by atoms with Crippen molar-refractivity contribution < 1.29 is 49.3 Å². The van der Waals surface area contributed by atoms with Crippen LogP contribution in [0.1, 0.15) is 220 Å². The molecule has 79 heavy (non-hydrogen) atoms. The number of carbonyl (C=O) groups excluding carboxylic acids is 2. The molecule has 11 heteroatoms. The summed E-state index contributed by atoms with van der Waals surface area (Å²) in [4.78, 5) is 26.5. The van der Waals surface area contributed by atoms with Crippen molar-refractivity contribution in [3.8, 4) is 0 Å². The summed E-state index contributed by atoms with van der Waals surface area (Å²) in [6.45, 7) is 5.49. The smallest absolute Gasteiger partial charge is 0.306 e. The summed E-state index contributed by atoms with van der Waals surface area (Å²) in [6.07, 6.45) is 66.2. The van der Waals surface area contributed by atoms with Crippen LogP contribution in [0.3, 0.4) is 0 Å². The molecule has 448 valence electrons. The van der Waals surface area contributed by atoms with Crippen LogP contribution in [0.4, 0.5) is 0 Å². The first-order valence-electron chi connectivity index (χ1n) is 31.0. The Morgan fingerprint density at radius 3 is 1.52 bits per heavy atom. The topological polar surface area (TPSA) is 175 Å². The van der Waals surface area contributed by atoms with Crippen molar-refractivity contribution >= 4 is 11.9 Å². The molecule has 0 spiro atoms. The van der Waals surface area contributed by atoms with E-state index in [1.165, 1.54) is 51.4 Å². The van der Waals surface area contributed by atoms with Crippen LogP contribution >= 0.6 is 0 Å². The van der Waals surface area contributed by atoms with Crippen LogP contribution < -0.4 is 5.32 Å². The van der Waals surface area contributed by atoms with Crippen LogP contribution in [0.15, 0.2) is 134 Å². The number of esters is 1. The molecule has 1 saturated heterocycles. The van der Waals surface area contributed by atoms with Gasteiger partial charge in [-0.25, -0.2) is 0 Å². The molecule has 1 aliphatic rings. The number of nitrogens with one attached hydrogen (secondary N) is 1. The quantitative estimate of drug-likeness (QED) is 0.0149. The average molecular weight is 1100 g/mol. The van der Waals surface area contributed by atoms with Crippen LogP contribution in [-0.4, -0.2) is 99.6 Å². The standard InChI is InChI=1S/C68H111NO10/c1-4-7-10-13-16-19-22-25-27-28-29-30-31-32-33-35-37-40-43-46-49-52-55-61(72)67(76)69-59(60(71)54-51-48-45-42-39-36-24-21-18-15-12-9-6-3)58-77-68-66(65(75)64(74)62(57-70)78-68)79-63(73)56-53-50-47-44-41-38-34-26-23-20-17-14-11-8-5-2/h7-8,10-11,14,16-17,19-20,23,25-27,29-30,32-34,38,41,51,54,59-62,64-66,68,70-72,74-75H,4-6,9,12-13,15,18,21-22,24,28,31,35-37,39-40,42-50,52-53,55-58H2,1-3H3,(H,69,76)/b10-7-,11-8+,17-14+,19-16-,23-20-,27-25-,30-29-,33-32-,34-26-,41-38+,54-51+. The normalized spacial score (nSPS) is 19.8. The van der Waals surface area contributed by atoms with E-state index in [9.17, 15) is 35.1 Å². The highest BCUT2D eigenvalue weighted by Crippen LogP contribution is 2.26. The highest BCUT2D eigenvalue weighted by molar-refractivity contribution is 5.80. The predicted molar refractivity (Wildman–Crippen MR) is 328 cm³/mol. The van der Waals surface area contributed by atoms with E-state index >= 15 is 0 Å². The second-order valence-electron chi connectivity index (χ2n) is 20.8. The molecule has 8 unspecified atom stereocenters. The van der Waals surface area contributed by atoms with Crippen LogP contribution in [0.5, 0.6) is 0 Å². The summed E-state index contributed by atoms with van der Waals surface area (Å²) in [7, 11) is 0. The number of amides is 1. The number of aliphatic hydroxyl groups is 5. The SMILES string of the molecule is CC/C=C\C/C=C\C/C=C\C/C=C\C/C=C\CCCCCCCCC(O)C(=O)NC(COC1OC(CO)C(O)C(O)C1OC(=O)CCCCC/C=C/C=C\C=C/C=C/C=C/CC)C(O)/C=C/CCCCCCCCCCCCC. The lowest BCUT2D eigenvalue weighted by Crippen LogP contribution is -2.61. The lowest BCUT2D eigenvalue weighted by molar-refractivity contribution is -0.305. The molecule has 1 rings (SSSR count). The minimum Gasteiger partial charge on any atom is -0.454 e. The monoisotopic (exact) mass is 1100 g/mol. The van der Waals surface area contributed by atoms with Crippen molar-refractivity contribution in [3.05, 3.63) is 134 Å². The third kappa shape index (κ3) is 42.3. The van der Waals surface area contributed by atoms with E-state index in [0.717, 1.165) is 122 Å². The Bertz CT molecular complexity index is 1790. The number of ether oxygens (including phenoxy) is 3. The third-order valence-electron chi connectivity index (χ3n) is 13.7. The van der Waals surface area contributed by atoms with Gasteiger partial charge in [-0.15, -0.1) is 0 Å². The van der Waals surface area contributed by atoms with Gasteiger partial charge in [0.2, 0.25) is 5.91 Å². The van der Waals surface area contributed by atoms with Crippen molar-refractivity contribution in [2.75, 3.05) is 13.2 Å². The van der Waals surface area contributed by atoms with Crippen LogP contribution in [0, 0.1) is 0 Å². The molecule has 11 nitrogen and oxygen atoms in total. The van der Waals surface area contributed by atoms with Gasteiger partial charge in [0, 0.05) is 6.42 Å². The minimum atomic E-state index is -1.64. The van der Waals surface area contributed by atoms with Gasteiger partial charge in [-0.3, -0.25) is 9.59 Å². The summed E-state index contributed by atoms with van der Waals surface area (Å²) in [5, 5.41) is 57.0. The Kier molecular flexibility index (Phi) is 50.1. The fourth-order valence-electron chi connectivity index (χ4n) is 8.82. The van der Waals surface area contributed by atoms with Crippen LogP contribution in [0.2, 0.25) is 0 Å². The van der Waals surface area contributed by atoms with Crippen molar-refractivity contribution in [2.24, 2.45) is 0 Å². The second kappa shape index (κ2) is 54.4. The molecule has 6 N–H and O–H groups in total. The maximum atomic E-state index is 13.4. The van der Waals surface area contributed by atoms with E-state index < -0.39 is 67.4 Å². The summed E-state index contributed by atoms with van der Waals surface area (Å²) in [5.41, 5.74) is 0. The number of hydrogen-bond acceptors (Lipinski definition) is 10. The Morgan fingerprint density at radius 1 is 0.519 bits per heavy atom. The zero-order valence-corrected chi connectivity index (χ0v) is 49.4. The maximum absolute atomic E-state index is 13.4. The average Bonchev–Trinajstić information content (AvgIpc) is 3.49. The lowest BCUT2D eigenvalue weighted by atomic mass is 9.99. The van der Waals surface area contributed by atoms with Crippen LogP contribution in [-0.2, 0) is 23.8 Å². The first kappa shape index (κ1) is 72.8. The fraction of sp³-hybridized carbons (Fsp3) is 0.647. The Hall–Kier alpha value is -4.20. The van der Waals surface area contributed by atoms with Gasteiger partial charge in [0.05, 0.1) is 25.4 Å². The first-order chi connectivity index (χ1) is 38.7. The van der Waals surface area contributed by atoms with E-state index in [-0.39, 0.29) is 19.4 Å². The van der Waals surface area contributed by atoms with Crippen molar-refractivity contribution in [1.29, 1.82) is 0 Å². The second-order valence-corrected chi connectivity index (χ2v) is 20.8. The summed E-state index contributed by atoms with van der Waals surface area (Å²) in [6, 6.07) is -1.05. The number of aliphatic hydroxyl groups excluding tert-OH is 5. The van der Waals surface area contributed by atoms with E-state index in [1.807, 2.05) is 54.7 Å². The molecule has 1 aliphatic heterocycles. The first-order valence-corrected chi connectivity index (χ1v) is 31.0. The van der Waals surface area contributed by atoms with Crippen molar-refractivity contribution in [2.45, 2.75) is 269 Å². The van der Waals surface area contributed by atoms with E-state index in [1.54, 1.807) is 6.08 Å². The molecule has 0 saturated carbocycles. The van der Waals surface area contributed by atoms with E-state index in [4.69, 9.17) is 14.2 Å². The Morgan fingerprint density at radius 2 is 0.975 bits per heavy atom. The lowest BCUT2D eigenvalue weighted by Gasteiger charge is -2.41. The molecule has 0 bridgehead atoms. The molecule has 8 atom stereocenters. The molecule has 0 aromatic rings. The number of rotatable bonds is 50. The zero-order chi connectivity index (χ0) is 57.5. The molecule has 0 aliphatic carbocycles. The summed E-state index contributed by atoms with van der Waals surface area (Å²) in [5.74, 6) is -1.26. The molecule has 1 fully saturated rings. The molecule has 0 aromatic carbocycles. The van der Waals surface area contributed by atoms with Crippen molar-refractivity contribution in [1.82, 2.24) is 5.32 Å². The van der Waals surface area contributed by atoms with Crippen LogP contribution in [0.25, 0.3) is 0 Å². The van der Waals surface area contributed by atoms with Gasteiger partial charge in [-0.1, -0.05) is 257 Å². The predicted octanol–water partition coefficient (Wildman–Crippen LogP) is 14.8. The van der Waals surface area contributed by atoms with Gasteiger partial charge in [-0.05, 0) is 89.9 Å². The molecular weight excluding hydrogens is 991 g/mol. The molecular formula is C68H111NO10. The molecule has 1 amide bonds. The number of hydrogen-bond donors (Lipinski definition) is 6. The van der Waals surface area contributed by atoms with Crippen molar-refractivity contribution in [3.63, 3.8) is 0 Å². The highest BCUT2D eigenvalue weighted by Gasteiger charge is 2.47. The maximum Gasteiger partial charge on any atom is 0.306 e. The van der Waals surface area contributed by atoms with Gasteiger partial charge in [0.15, 0.2) is 12.4 Å². The number of carbonyl (C=O) groups is 2. The Balaban J connectivity index is 2.72. The van der Waals surface area contributed by atoms with E-state index in [2.05, 4.69) is 99.0 Å². The molecule has 1 heterocycles. The summed E-state index contributed by atoms with van der Waals surface area (Å²) >= 11 is 0. The minimum absolute atomic E-state index is 0.0653. The van der Waals surface area contributed by atoms with E-state index in [0.29, 0.717) is 12.8 Å². The number of unbranched alkanes of at least 4 members (excludes halogenated alkanes) is 20. The van der Waals surface area contributed by atoms with Gasteiger partial charge in [0.1, 0.15) is 24.4 Å². The third-order valence-corrected chi connectivity index (χ3v) is 13.7. The van der Waals surface area contributed by atoms with Gasteiger partial charge in [0.25, 0.3) is 0 Å². The van der Waals surface area contributed by atoms with Gasteiger partial charge >= 0.3 is 5.97 Å². The number of allylic oxidation sites excluding steroid dienone is 21. The van der Waals surface area contributed by atoms with Gasteiger partial charge in [-0.2, -0.15) is 0 Å².